The number of hydroxylamine groups is 2. The highest BCUT2D eigenvalue weighted by Crippen LogP contribution is 2.23. The van der Waals surface area contributed by atoms with E-state index in [0.29, 0.717) is 0 Å². The standard InChI is InChI=1S/C4H12N2O7P/c7-3(5-9)1-12-14(11)13-2-4(8)6-10/h3-10H,1-2H2/q+1. The van der Waals surface area contributed by atoms with Gasteiger partial charge in [0, 0.05) is 4.57 Å². The smallest absolute Gasteiger partial charge is 0.374 e. The van der Waals surface area contributed by atoms with Crippen molar-refractivity contribution in [3.63, 3.8) is 0 Å². The molecule has 0 rings (SSSR count). The van der Waals surface area contributed by atoms with Gasteiger partial charge in [0.25, 0.3) is 0 Å². The van der Waals surface area contributed by atoms with Gasteiger partial charge in [-0.3, -0.25) is 0 Å². The van der Waals surface area contributed by atoms with Crippen molar-refractivity contribution in [3.8, 4) is 0 Å². The van der Waals surface area contributed by atoms with Crippen molar-refractivity contribution in [2.75, 3.05) is 13.2 Å². The van der Waals surface area contributed by atoms with Crippen molar-refractivity contribution in [2.24, 2.45) is 0 Å². The van der Waals surface area contributed by atoms with Gasteiger partial charge in [-0.25, -0.2) is 0 Å². The van der Waals surface area contributed by atoms with Gasteiger partial charge < -0.3 is 20.6 Å². The van der Waals surface area contributed by atoms with Crippen LogP contribution in [0.5, 0.6) is 0 Å². The van der Waals surface area contributed by atoms with Crippen molar-refractivity contribution in [1.29, 1.82) is 0 Å². The second kappa shape index (κ2) is 8.12. The van der Waals surface area contributed by atoms with Crippen molar-refractivity contribution < 1.29 is 34.2 Å². The number of hydrogen-bond donors (Lipinski definition) is 6. The van der Waals surface area contributed by atoms with E-state index in [1.807, 2.05) is 0 Å². The van der Waals surface area contributed by atoms with Crippen LogP contribution >= 0.6 is 8.25 Å². The van der Waals surface area contributed by atoms with Crippen LogP contribution in [0.4, 0.5) is 0 Å². The minimum absolute atomic E-state index is 0.450. The molecule has 10 heteroatoms. The molecule has 0 bridgehead atoms. The summed E-state index contributed by atoms with van der Waals surface area (Å²) in [7, 11) is -2.53. The Hall–Kier alpha value is -0.220. The van der Waals surface area contributed by atoms with E-state index >= 15 is 0 Å². The average Bonchev–Trinajstić information content (AvgIpc) is 2.22. The van der Waals surface area contributed by atoms with Crippen LogP contribution in [0.15, 0.2) is 0 Å². The van der Waals surface area contributed by atoms with Crippen LogP contribution in [-0.4, -0.2) is 46.3 Å². The molecule has 0 heterocycles. The minimum Gasteiger partial charge on any atom is -0.374 e. The predicted octanol–water partition coefficient (Wildman–Crippen LogP) is -1.73. The molecule has 0 aromatic carbocycles. The average molecular weight is 231 g/mol. The topological polar surface area (TPSA) is 141 Å². The number of nitrogens with one attached hydrogen (secondary N) is 2. The molecule has 0 aliphatic heterocycles. The maximum atomic E-state index is 10.7. The summed E-state index contributed by atoms with van der Waals surface area (Å²) in [6, 6.07) is 0. The lowest BCUT2D eigenvalue weighted by atomic mass is 10.7. The van der Waals surface area contributed by atoms with E-state index in [4.69, 9.17) is 20.6 Å². The molecule has 0 aliphatic rings. The Balaban J connectivity index is 3.46. The molecule has 0 spiro atoms. The number of aliphatic hydroxyl groups is 2. The van der Waals surface area contributed by atoms with Crippen LogP contribution in [0.1, 0.15) is 0 Å². The number of rotatable bonds is 8. The Morgan fingerprint density at radius 3 is 1.71 bits per heavy atom. The van der Waals surface area contributed by atoms with Gasteiger partial charge in [0.15, 0.2) is 12.5 Å². The quantitative estimate of drug-likeness (QED) is 0.163. The Labute approximate surface area is 80.1 Å². The third-order valence-corrected chi connectivity index (χ3v) is 1.69. The van der Waals surface area contributed by atoms with Crippen molar-refractivity contribution in [3.05, 3.63) is 0 Å². The molecule has 6 N–H and O–H groups in total. The summed E-state index contributed by atoms with van der Waals surface area (Å²) < 4.78 is 19.5. The van der Waals surface area contributed by atoms with Crippen LogP contribution in [0.2, 0.25) is 0 Å². The number of aliphatic hydroxyl groups excluding tert-OH is 2. The minimum atomic E-state index is -2.53. The van der Waals surface area contributed by atoms with E-state index in [9.17, 15) is 4.57 Å². The summed E-state index contributed by atoms with van der Waals surface area (Å²) in [6.07, 6.45) is -2.75. The monoisotopic (exact) mass is 231 g/mol. The molecule has 14 heavy (non-hydrogen) atoms. The van der Waals surface area contributed by atoms with Crippen LogP contribution in [0, 0.1) is 0 Å². The van der Waals surface area contributed by atoms with Crippen LogP contribution in [0.25, 0.3) is 0 Å². The zero-order valence-electron chi connectivity index (χ0n) is 7.03. The lowest BCUT2D eigenvalue weighted by Crippen LogP contribution is -2.30. The van der Waals surface area contributed by atoms with Crippen LogP contribution in [-0.2, 0) is 13.6 Å². The zero-order chi connectivity index (χ0) is 11.0. The second-order valence-corrected chi connectivity index (χ2v) is 3.07. The first-order chi connectivity index (χ1) is 6.60. The van der Waals surface area contributed by atoms with Gasteiger partial charge in [-0.15, -0.1) is 9.05 Å². The summed E-state index contributed by atoms with van der Waals surface area (Å²) in [5.74, 6) is 0. The Morgan fingerprint density at radius 1 is 1.07 bits per heavy atom. The highest BCUT2D eigenvalue weighted by Gasteiger charge is 2.23. The third-order valence-electron chi connectivity index (χ3n) is 0.974. The normalized spacial score (nSPS) is 16.4. The van der Waals surface area contributed by atoms with E-state index in [0.717, 1.165) is 0 Å². The Bertz CT molecular complexity index is 154. The fourth-order valence-electron chi connectivity index (χ4n) is 0.375. The molecule has 0 fully saturated rings. The molecule has 84 valence electrons. The summed E-state index contributed by atoms with van der Waals surface area (Å²) in [4.78, 5) is 0. The molecule has 0 amide bonds. The summed E-state index contributed by atoms with van der Waals surface area (Å²) in [5.41, 5.74) is 2.88. The molecule has 2 unspecified atom stereocenters. The molecular formula is C4H12N2O7P+. The lowest BCUT2D eigenvalue weighted by molar-refractivity contribution is -0.0355. The van der Waals surface area contributed by atoms with E-state index in [2.05, 4.69) is 9.05 Å². The van der Waals surface area contributed by atoms with Crippen molar-refractivity contribution in [2.45, 2.75) is 12.5 Å². The summed E-state index contributed by atoms with van der Waals surface area (Å²) in [6.45, 7) is -0.900. The van der Waals surface area contributed by atoms with Gasteiger partial charge in [-0.05, 0) is 0 Å². The molecule has 9 nitrogen and oxygen atoms in total. The summed E-state index contributed by atoms with van der Waals surface area (Å²) in [5, 5.41) is 33.5. The predicted molar refractivity (Wildman–Crippen MR) is 41.4 cm³/mol. The fraction of sp³-hybridized carbons (Fsp3) is 1.00. The molecule has 0 aliphatic carbocycles. The highest BCUT2D eigenvalue weighted by atomic mass is 31.1. The zero-order valence-corrected chi connectivity index (χ0v) is 7.92. The second-order valence-electron chi connectivity index (χ2n) is 2.10. The van der Waals surface area contributed by atoms with E-state index in [1.165, 1.54) is 11.0 Å². The first kappa shape index (κ1) is 13.8. The maximum Gasteiger partial charge on any atom is 0.697 e. The molecular weight excluding hydrogens is 219 g/mol. The van der Waals surface area contributed by atoms with Crippen LogP contribution in [0.3, 0.4) is 0 Å². The van der Waals surface area contributed by atoms with E-state index in [1.54, 1.807) is 0 Å². The van der Waals surface area contributed by atoms with Gasteiger partial charge in [0.2, 0.25) is 0 Å². The third kappa shape index (κ3) is 7.21. The maximum absolute atomic E-state index is 10.7. The molecule has 0 saturated heterocycles. The molecule has 0 aromatic rings. The largest absolute Gasteiger partial charge is 0.697 e. The Morgan fingerprint density at radius 2 is 1.43 bits per heavy atom. The summed E-state index contributed by atoms with van der Waals surface area (Å²) >= 11 is 0. The highest BCUT2D eigenvalue weighted by molar-refractivity contribution is 7.33. The number of hydrogen-bond acceptors (Lipinski definition) is 9. The lowest BCUT2D eigenvalue weighted by Gasteiger charge is -2.03. The van der Waals surface area contributed by atoms with Gasteiger partial charge in [0.05, 0.1) is 0 Å². The van der Waals surface area contributed by atoms with Gasteiger partial charge in [0.1, 0.15) is 13.2 Å². The molecule has 0 aromatic heterocycles. The van der Waals surface area contributed by atoms with Crippen molar-refractivity contribution in [1.82, 2.24) is 11.0 Å². The van der Waals surface area contributed by atoms with Gasteiger partial charge in [-0.2, -0.15) is 11.0 Å². The first-order valence-electron chi connectivity index (χ1n) is 3.48. The molecule has 2 atom stereocenters. The van der Waals surface area contributed by atoms with Gasteiger partial charge >= 0.3 is 8.25 Å². The van der Waals surface area contributed by atoms with E-state index < -0.39 is 33.9 Å². The van der Waals surface area contributed by atoms with Crippen molar-refractivity contribution >= 4 is 8.25 Å². The van der Waals surface area contributed by atoms with E-state index in [-0.39, 0.29) is 0 Å². The molecule has 0 radical (unpaired) electrons. The fourth-order valence-corrected chi connectivity index (χ4v) is 0.975. The SMILES string of the molecule is O=[P+](OCC(O)NO)OCC(O)NO. The van der Waals surface area contributed by atoms with Crippen LogP contribution < -0.4 is 11.0 Å². The van der Waals surface area contributed by atoms with Gasteiger partial charge in [-0.1, -0.05) is 0 Å². The molecule has 0 saturated carbocycles. The first-order valence-corrected chi connectivity index (χ1v) is 4.58. The Kier molecular flexibility index (Phi) is 7.99.